The highest BCUT2D eigenvalue weighted by atomic mass is 16.3. The molecule has 4 heterocycles. The summed E-state index contributed by atoms with van der Waals surface area (Å²) in [5.41, 5.74) is 10.2. The minimum absolute atomic E-state index is 0.731. The quantitative estimate of drug-likeness (QED) is 0.225. The molecule has 0 saturated heterocycles. The average Bonchev–Trinajstić information content (AvgIpc) is 3.59. The van der Waals surface area contributed by atoms with Crippen LogP contribution in [0.5, 0.6) is 0 Å². The molecule has 0 N–H and O–H groups in total. The summed E-state index contributed by atoms with van der Waals surface area (Å²) in [6.45, 7) is 0. The maximum absolute atomic E-state index is 6.08. The summed E-state index contributed by atoms with van der Waals surface area (Å²) < 4.78 is 8.43. The van der Waals surface area contributed by atoms with Crippen molar-refractivity contribution in [2.45, 2.75) is 0 Å². The predicted octanol–water partition coefficient (Wildman–Crippen LogP) is 9.96. The molecular weight excluding hydrogens is 514 g/mol. The Hall–Kier alpha value is -5.74. The Kier molecular flexibility index (Phi) is 4.87. The third-order valence-electron chi connectivity index (χ3n) is 8.25. The number of hydrogen-bond donors (Lipinski definition) is 0. The van der Waals surface area contributed by atoms with Crippen LogP contribution in [-0.2, 0) is 0 Å². The zero-order chi connectivity index (χ0) is 27.6. The van der Waals surface area contributed by atoms with Gasteiger partial charge in [0.05, 0.1) is 16.7 Å². The van der Waals surface area contributed by atoms with E-state index in [2.05, 4.69) is 113 Å². The van der Waals surface area contributed by atoms with Crippen LogP contribution in [-0.4, -0.2) is 14.5 Å². The first kappa shape index (κ1) is 23.0. The molecule has 4 heteroatoms. The number of hydrogen-bond acceptors (Lipinski definition) is 3. The van der Waals surface area contributed by atoms with Gasteiger partial charge in [0.25, 0.3) is 0 Å². The zero-order valence-corrected chi connectivity index (χ0v) is 22.5. The molecule has 0 atom stereocenters. The summed E-state index contributed by atoms with van der Waals surface area (Å²) in [6, 6.07) is 46.7. The largest absolute Gasteiger partial charge is 0.456 e. The Labute approximate surface area is 241 Å². The second-order valence-corrected chi connectivity index (χ2v) is 10.7. The van der Waals surface area contributed by atoms with Gasteiger partial charge in [0, 0.05) is 44.4 Å². The molecule has 0 fully saturated rings. The fraction of sp³-hybridized carbons (Fsp3) is 0. The van der Waals surface area contributed by atoms with Gasteiger partial charge in [-0.2, -0.15) is 0 Å². The van der Waals surface area contributed by atoms with Crippen molar-refractivity contribution in [1.82, 2.24) is 14.5 Å². The highest BCUT2D eigenvalue weighted by Crippen LogP contribution is 2.38. The van der Waals surface area contributed by atoms with E-state index in [1.807, 2.05) is 36.5 Å². The first-order chi connectivity index (χ1) is 20.8. The molecule has 196 valence electrons. The van der Waals surface area contributed by atoms with E-state index in [1.165, 1.54) is 21.8 Å². The van der Waals surface area contributed by atoms with E-state index in [-0.39, 0.29) is 0 Å². The van der Waals surface area contributed by atoms with Gasteiger partial charge in [-0.15, -0.1) is 0 Å². The highest BCUT2D eigenvalue weighted by Gasteiger charge is 2.16. The second-order valence-electron chi connectivity index (χ2n) is 10.7. The van der Waals surface area contributed by atoms with Gasteiger partial charge in [0.2, 0.25) is 0 Å². The van der Waals surface area contributed by atoms with Crippen molar-refractivity contribution in [1.29, 1.82) is 0 Å². The van der Waals surface area contributed by atoms with Crippen molar-refractivity contribution in [2.75, 3.05) is 0 Å². The molecule has 4 aromatic heterocycles. The van der Waals surface area contributed by atoms with Crippen molar-refractivity contribution in [3.63, 3.8) is 0 Å². The van der Waals surface area contributed by atoms with Crippen LogP contribution in [0.25, 0.3) is 82.8 Å². The number of aromatic nitrogens is 3. The molecule has 9 rings (SSSR count). The number of benzene rings is 5. The summed E-state index contributed by atoms with van der Waals surface area (Å²) in [6.07, 6.45) is 1.81. The first-order valence-electron chi connectivity index (χ1n) is 14.1. The van der Waals surface area contributed by atoms with Crippen LogP contribution in [0.1, 0.15) is 0 Å². The predicted molar refractivity (Wildman–Crippen MR) is 172 cm³/mol. The van der Waals surface area contributed by atoms with Crippen molar-refractivity contribution in [3.05, 3.63) is 140 Å². The summed E-state index contributed by atoms with van der Waals surface area (Å²) in [5, 5.41) is 5.67. The normalized spacial score (nSPS) is 11.8. The Morgan fingerprint density at radius 2 is 1.21 bits per heavy atom. The molecule has 0 saturated carbocycles. The number of para-hydroxylation sites is 3. The summed E-state index contributed by atoms with van der Waals surface area (Å²) in [4.78, 5) is 9.69. The SMILES string of the molecule is c1ccc(-n2c3ccccc3c3cc(-c4cc(-c5ccc6oc7ccccc7c6c5)nc5ncccc45)ccc32)cc1. The minimum atomic E-state index is 0.731. The van der Waals surface area contributed by atoms with Crippen molar-refractivity contribution in [2.24, 2.45) is 0 Å². The van der Waals surface area contributed by atoms with Gasteiger partial charge in [0.15, 0.2) is 5.65 Å². The molecule has 0 aliphatic heterocycles. The van der Waals surface area contributed by atoms with E-state index in [4.69, 9.17) is 9.40 Å². The molecule has 0 spiro atoms. The van der Waals surface area contributed by atoms with Gasteiger partial charge in [-0.1, -0.05) is 60.7 Å². The highest BCUT2D eigenvalue weighted by molar-refractivity contribution is 6.11. The topological polar surface area (TPSA) is 43.9 Å². The fourth-order valence-corrected chi connectivity index (χ4v) is 6.32. The molecule has 0 bridgehead atoms. The van der Waals surface area contributed by atoms with Gasteiger partial charge in [-0.3, -0.25) is 0 Å². The van der Waals surface area contributed by atoms with E-state index < -0.39 is 0 Å². The third kappa shape index (κ3) is 3.42. The lowest BCUT2D eigenvalue weighted by Gasteiger charge is -2.11. The van der Waals surface area contributed by atoms with Crippen LogP contribution in [0, 0.1) is 0 Å². The van der Waals surface area contributed by atoms with Gasteiger partial charge in [-0.05, 0) is 83.9 Å². The van der Waals surface area contributed by atoms with Crippen LogP contribution in [0.4, 0.5) is 0 Å². The minimum Gasteiger partial charge on any atom is -0.456 e. The van der Waals surface area contributed by atoms with E-state index in [0.717, 1.165) is 61.0 Å². The third-order valence-corrected chi connectivity index (χ3v) is 8.25. The molecule has 0 unspecified atom stereocenters. The van der Waals surface area contributed by atoms with Gasteiger partial charge in [-0.25, -0.2) is 9.97 Å². The van der Waals surface area contributed by atoms with E-state index in [0.29, 0.717) is 0 Å². The Morgan fingerprint density at radius 1 is 0.500 bits per heavy atom. The average molecular weight is 538 g/mol. The lowest BCUT2D eigenvalue weighted by atomic mass is 9.97. The van der Waals surface area contributed by atoms with Crippen LogP contribution in [0.3, 0.4) is 0 Å². The van der Waals surface area contributed by atoms with Crippen LogP contribution >= 0.6 is 0 Å². The van der Waals surface area contributed by atoms with E-state index >= 15 is 0 Å². The lowest BCUT2D eigenvalue weighted by Crippen LogP contribution is -1.93. The zero-order valence-electron chi connectivity index (χ0n) is 22.5. The van der Waals surface area contributed by atoms with E-state index in [9.17, 15) is 0 Å². The summed E-state index contributed by atoms with van der Waals surface area (Å²) >= 11 is 0. The molecule has 4 nitrogen and oxygen atoms in total. The maximum Gasteiger partial charge on any atom is 0.160 e. The van der Waals surface area contributed by atoms with Crippen LogP contribution in [0.15, 0.2) is 144 Å². The number of nitrogens with zero attached hydrogens (tertiary/aromatic N) is 3. The van der Waals surface area contributed by atoms with Crippen LogP contribution in [0.2, 0.25) is 0 Å². The number of rotatable bonds is 3. The monoisotopic (exact) mass is 537 g/mol. The second kappa shape index (κ2) is 8.88. The van der Waals surface area contributed by atoms with Crippen LogP contribution < -0.4 is 0 Å². The molecule has 9 aromatic rings. The lowest BCUT2D eigenvalue weighted by molar-refractivity contribution is 0.669. The number of pyridine rings is 2. The smallest absolute Gasteiger partial charge is 0.160 e. The van der Waals surface area contributed by atoms with E-state index in [1.54, 1.807) is 0 Å². The molecule has 0 aliphatic rings. The molecule has 0 amide bonds. The fourth-order valence-electron chi connectivity index (χ4n) is 6.32. The summed E-state index contributed by atoms with van der Waals surface area (Å²) in [7, 11) is 0. The number of furan rings is 1. The van der Waals surface area contributed by atoms with Gasteiger partial charge in [0.1, 0.15) is 11.2 Å². The number of fused-ring (bicyclic) bond motifs is 7. The molecule has 0 aliphatic carbocycles. The summed E-state index contributed by atoms with van der Waals surface area (Å²) in [5.74, 6) is 0. The maximum atomic E-state index is 6.08. The Balaban J connectivity index is 1.28. The Bertz CT molecular complexity index is 2470. The standard InChI is InChI=1S/C38H23N3O/c1-2-9-26(10-3-1)41-34-14-6-4-11-27(34)31-21-24(16-18-35(31)41)30-23-33(40-38-29(30)13-8-20-39-38)25-17-19-37-32(22-25)28-12-5-7-15-36(28)42-37/h1-23H. The molecular formula is C38H23N3O. The molecule has 5 aromatic carbocycles. The van der Waals surface area contributed by atoms with Crippen molar-refractivity contribution < 1.29 is 4.42 Å². The van der Waals surface area contributed by atoms with Crippen molar-refractivity contribution >= 4 is 54.8 Å². The van der Waals surface area contributed by atoms with Gasteiger partial charge < -0.3 is 8.98 Å². The Morgan fingerprint density at radius 3 is 2.14 bits per heavy atom. The van der Waals surface area contributed by atoms with Gasteiger partial charge >= 0.3 is 0 Å². The molecule has 0 radical (unpaired) electrons. The van der Waals surface area contributed by atoms with Crippen molar-refractivity contribution in [3.8, 4) is 28.1 Å². The first-order valence-corrected chi connectivity index (χ1v) is 14.1. The molecule has 42 heavy (non-hydrogen) atoms.